The van der Waals surface area contributed by atoms with Gasteiger partial charge in [-0.3, -0.25) is 0 Å². The maximum Gasteiger partial charge on any atom is 0.328 e. The Bertz CT molecular complexity index is 651. The summed E-state index contributed by atoms with van der Waals surface area (Å²) < 4.78 is 0. The number of nitrogens with zero attached hydrogens (tertiary/aromatic N) is 1. The summed E-state index contributed by atoms with van der Waals surface area (Å²) in [7, 11) is 0. The standard InChI is InChI=1S/C14H9NO2/c15-9-13-8-11-4-2-1-3-10(11)7-12(13)5-6-14(16)17/h1-8H,(H,16,17)/b6-5-. The molecule has 2 aromatic rings. The lowest BCUT2D eigenvalue weighted by atomic mass is 10.0. The summed E-state index contributed by atoms with van der Waals surface area (Å²) in [5.74, 6) is -1.03. The van der Waals surface area contributed by atoms with Crippen molar-refractivity contribution in [2.45, 2.75) is 0 Å². The number of hydrogen-bond donors (Lipinski definition) is 1. The van der Waals surface area contributed by atoms with Crippen molar-refractivity contribution in [3.05, 3.63) is 53.6 Å². The molecule has 0 saturated carbocycles. The number of carboxylic acids is 1. The Hall–Kier alpha value is -2.60. The van der Waals surface area contributed by atoms with Crippen LogP contribution < -0.4 is 0 Å². The van der Waals surface area contributed by atoms with Gasteiger partial charge in [0.25, 0.3) is 0 Å². The van der Waals surface area contributed by atoms with Crippen LogP contribution in [-0.4, -0.2) is 11.1 Å². The van der Waals surface area contributed by atoms with E-state index in [2.05, 4.69) is 6.07 Å². The zero-order valence-corrected chi connectivity index (χ0v) is 8.92. The smallest absolute Gasteiger partial charge is 0.328 e. The number of nitriles is 1. The number of carboxylic acid groups (broad SMARTS) is 1. The SMILES string of the molecule is N#Cc1cc2ccccc2cc1/C=C\C(=O)O. The number of rotatable bonds is 2. The van der Waals surface area contributed by atoms with E-state index in [9.17, 15) is 4.79 Å². The molecule has 0 aliphatic rings. The fourth-order valence-corrected chi connectivity index (χ4v) is 1.65. The van der Waals surface area contributed by atoms with Gasteiger partial charge in [-0.1, -0.05) is 24.3 Å². The van der Waals surface area contributed by atoms with Crippen LogP contribution in [0.4, 0.5) is 0 Å². The molecule has 0 heterocycles. The quantitative estimate of drug-likeness (QED) is 0.796. The van der Waals surface area contributed by atoms with Gasteiger partial charge in [0.05, 0.1) is 11.6 Å². The normalized spacial score (nSPS) is 10.5. The van der Waals surface area contributed by atoms with Crippen LogP contribution >= 0.6 is 0 Å². The van der Waals surface area contributed by atoms with E-state index in [0.29, 0.717) is 11.1 Å². The second-order valence-electron chi connectivity index (χ2n) is 3.57. The average molecular weight is 223 g/mol. The number of benzene rings is 2. The van der Waals surface area contributed by atoms with Crippen LogP contribution in [0.1, 0.15) is 11.1 Å². The molecule has 0 amide bonds. The van der Waals surface area contributed by atoms with Crippen molar-refractivity contribution in [2.24, 2.45) is 0 Å². The third kappa shape index (κ3) is 2.32. The van der Waals surface area contributed by atoms with Gasteiger partial charge in [0.15, 0.2) is 0 Å². The highest BCUT2D eigenvalue weighted by molar-refractivity contribution is 5.90. The molecule has 0 saturated heterocycles. The van der Waals surface area contributed by atoms with E-state index >= 15 is 0 Å². The molecule has 82 valence electrons. The summed E-state index contributed by atoms with van der Waals surface area (Å²) >= 11 is 0. The average Bonchev–Trinajstić information content (AvgIpc) is 2.35. The fourth-order valence-electron chi connectivity index (χ4n) is 1.65. The van der Waals surface area contributed by atoms with Crippen LogP contribution in [0.2, 0.25) is 0 Å². The monoisotopic (exact) mass is 223 g/mol. The van der Waals surface area contributed by atoms with Crippen molar-refractivity contribution in [3.63, 3.8) is 0 Å². The predicted molar refractivity (Wildman–Crippen MR) is 65.3 cm³/mol. The maximum atomic E-state index is 10.5. The molecule has 2 rings (SSSR count). The molecule has 0 spiro atoms. The van der Waals surface area contributed by atoms with Crippen molar-refractivity contribution < 1.29 is 9.90 Å². The van der Waals surface area contributed by atoms with Crippen molar-refractivity contribution in [1.29, 1.82) is 5.26 Å². The first-order chi connectivity index (χ1) is 8.20. The second-order valence-corrected chi connectivity index (χ2v) is 3.57. The lowest BCUT2D eigenvalue weighted by Gasteiger charge is -2.02. The first-order valence-corrected chi connectivity index (χ1v) is 5.04. The summed E-state index contributed by atoms with van der Waals surface area (Å²) in [6, 6.07) is 13.3. The van der Waals surface area contributed by atoms with Crippen LogP contribution in [-0.2, 0) is 4.79 Å². The third-order valence-corrected chi connectivity index (χ3v) is 2.44. The van der Waals surface area contributed by atoms with Gasteiger partial charge in [0.1, 0.15) is 0 Å². The first-order valence-electron chi connectivity index (χ1n) is 5.04. The molecule has 2 aromatic carbocycles. The highest BCUT2D eigenvalue weighted by Gasteiger charge is 2.02. The molecule has 0 aromatic heterocycles. The van der Waals surface area contributed by atoms with E-state index < -0.39 is 5.97 Å². The molecule has 0 aliphatic heterocycles. The van der Waals surface area contributed by atoms with Crippen LogP contribution in [0.25, 0.3) is 16.8 Å². The van der Waals surface area contributed by atoms with Crippen molar-refractivity contribution in [3.8, 4) is 6.07 Å². The molecular formula is C14H9NO2. The van der Waals surface area contributed by atoms with Gasteiger partial charge < -0.3 is 5.11 Å². The highest BCUT2D eigenvalue weighted by Crippen LogP contribution is 2.20. The first kappa shape index (κ1) is 10.9. The number of carbonyl (C=O) groups is 1. The van der Waals surface area contributed by atoms with Crippen molar-refractivity contribution in [1.82, 2.24) is 0 Å². The molecule has 0 fully saturated rings. The van der Waals surface area contributed by atoms with Crippen molar-refractivity contribution in [2.75, 3.05) is 0 Å². The van der Waals surface area contributed by atoms with E-state index in [1.807, 2.05) is 30.3 Å². The Morgan fingerprint density at radius 2 is 1.88 bits per heavy atom. The van der Waals surface area contributed by atoms with Gasteiger partial charge in [-0.2, -0.15) is 5.26 Å². The predicted octanol–water partition coefficient (Wildman–Crippen LogP) is 2.81. The summed E-state index contributed by atoms with van der Waals surface area (Å²) in [6.07, 6.45) is 2.47. The maximum absolute atomic E-state index is 10.5. The largest absolute Gasteiger partial charge is 0.478 e. The molecular weight excluding hydrogens is 214 g/mol. The zero-order valence-electron chi connectivity index (χ0n) is 8.92. The summed E-state index contributed by atoms with van der Waals surface area (Å²) in [5, 5.41) is 19.5. The number of hydrogen-bond acceptors (Lipinski definition) is 2. The van der Waals surface area contributed by atoms with Gasteiger partial charge in [-0.05, 0) is 34.5 Å². The Labute approximate surface area is 98.2 Å². The van der Waals surface area contributed by atoms with E-state index in [4.69, 9.17) is 10.4 Å². The molecule has 0 atom stereocenters. The lowest BCUT2D eigenvalue weighted by molar-refractivity contribution is -0.131. The summed E-state index contributed by atoms with van der Waals surface area (Å²) in [6.45, 7) is 0. The van der Waals surface area contributed by atoms with Gasteiger partial charge in [-0.15, -0.1) is 0 Å². The second kappa shape index (κ2) is 4.50. The lowest BCUT2D eigenvalue weighted by Crippen LogP contribution is -1.88. The molecule has 0 aliphatic carbocycles. The Balaban J connectivity index is 2.62. The van der Waals surface area contributed by atoms with Gasteiger partial charge >= 0.3 is 5.97 Å². The Kier molecular flexibility index (Phi) is 2.89. The zero-order chi connectivity index (χ0) is 12.3. The molecule has 0 radical (unpaired) electrons. The minimum absolute atomic E-state index is 0.473. The summed E-state index contributed by atoms with van der Waals surface area (Å²) in [4.78, 5) is 10.5. The van der Waals surface area contributed by atoms with Crippen LogP contribution in [0.15, 0.2) is 42.5 Å². The molecule has 1 N–H and O–H groups in total. The van der Waals surface area contributed by atoms with E-state index in [1.54, 1.807) is 6.07 Å². The summed E-state index contributed by atoms with van der Waals surface area (Å²) in [5.41, 5.74) is 1.09. The fraction of sp³-hybridized carbons (Fsp3) is 0. The molecule has 3 heteroatoms. The number of aliphatic carboxylic acids is 1. The molecule has 0 bridgehead atoms. The third-order valence-electron chi connectivity index (χ3n) is 2.44. The minimum atomic E-state index is -1.03. The van der Waals surface area contributed by atoms with E-state index in [0.717, 1.165) is 16.8 Å². The Morgan fingerprint density at radius 1 is 1.24 bits per heavy atom. The Morgan fingerprint density at radius 3 is 2.47 bits per heavy atom. The topological polar surface area (TPSA) is 61.1 Å². The van der Waals surface area contributed by atoms with Crippen molar-refractivity contribution >= 4 is 22.8 Å². The molecule has 17 heavy (non-hydrogen) atoms. The van der Waals surface area contributed by atoms with Crippen LogP contribution in [0.5, 0.6) is 0 Å². The van der Waals surface area contributed by atoms with E-state index in [-0.39, 0.29) is 0 Å². The van der Waals surface area contributed by atoms with Gasteiger partial charge in [0, 0.05) is 6.08 Å². The molecule has 3 nitrogen and oxygen atoms in total. The van der Waals surface area contributed by atoms with Crippen LogP contribution in [0.3, 0.4) is 0 Å². The van der Waals surface area contributed by atoms with Gasteiger partial charge in [0.2, 0.25) is 0 Å². The minimum Gasteiger partial charge on any atom is -0.478 e. The number of fused-ring (bicyclic) bond motifs is 1. The highest BCUT2D eigenvalue weighted by atomic mass is 16.4. The van der Waals surface area contributed by atoms with E-state index in [1.165, 1.54) is 6.08 Å². The van der Waals surface area contributed by atoms with Gasteiger partial charge in [-0.25, -0.2) is 4.79 Å². The van der Waals surface area contributed by atoms with Crippen LogP contribution in [0, 0.1) is 11.3 Å². The molecule has 0 unspecified atom stereocenters.